The van der Waals surface area contributed by atoms with Crippen LogP contribution in [0.1, 0.15) is 31.9 Å². The summed E-state index contributed by atoms with van der Waals surface area (Å²) in [5.74, 6) is 0.0848. The summed E-state index contributed by atoms with van der Waals surface area (Å²) >= 11 is 0. The van der Waals surface area contributed by atoms with Crippen LogP contribution in [0.15, 0.2) is 36.5 Å². The van der Waals surface area contributed by atoms with Crippen molar-refractivity contribution in [3.8, 4) is 0 Å². The molecule has 0 spiro atoms. The van der Waals surface area contributed by atoms with Gasteiger partial charge in [0.05, 0.1) is 5.69 Å². The third-order valence-electron chi connectivity index (χ3n) is 3.11. The summed E-state index contributed by atoms with van der Waals surface area (Å²) in [4.78, 5) is 18.3. The Morgan fingerprint density at radius 2 is 1.87 bits per heavy atom. The first-order valence-corrected chi connectivity index (χ1v) is 7.39. The van der Waals surface area contributed by atoms with Gasteiger partial charge in [0.1, 0.15) is 17.2 Å². The number of amides is 1. The molecule has 1 heterocycles. The van der Waals surface area contributed by atoms with Crippen LogP contribution in [0.4, 0.5) is 20.7 Å². The van der Waals surface area contributed by atoms with Gasteiger partial charge in [-0.2, -0.15) is 0 Å². The largest absolute Gasteiger partial charge is 0.443 e. The summed E-state index contributed by atoms with van der Waals surface area (Å²) in [6, 6.07) is 7.87. The molecule has 0 unspecified atom stereocenters. The molecule has 0 aliphatic heterocycles. The van der Waals surface area contributed by atoms with E-state index >= 15 is 0 Å². The van der Waals surface area contributed by atoms with Crippen molar-refractivity contribution >= 4 is 17.6 Å². The molecule has 1 amide bonds. The molecule has 1 aromatic carbocycles. The van der Waals surface area contributed by atoms with Crippen LogP contribution in [0.2, 0.25) is 0 Å². The zero-order valence-electron chi connectivity index (χ0n) is 14.1. The Hall–Kier alpha value is -2.43. The number of hydrogen-bond acceptors (Lipinski definition) is 3. The Balaban J connectivity index is 2.53. The summed E-state index contributed by atoms with van der Waals surface area (Å²) in [5.41, 5.74) is 1.48. The van der Waals surface area contributed by atoms with Gasteiger partial charge in [-0.3, -0.25) is 0 Å². The summed E-state index contributed by atoms with van der Waals surface area (Å²) in [7, 11) is 0. The molecule has 0 saturated carbocycles. The molecular weight excluding hydrogens is 295 g/mol. The fourth-order valence-corrected chi connectivity index (χ4v) is 2.14. The first kappa shape index (κ1) is 16.9. The molecule has 0 atom stereocenters. The van der Waals surface area contributed by atoms with Crippen molar-refractivity contribution in [3.63, 3.8) is 0 Å². The van der Waals surface area contributed by atoms with Crippen molar-refractivity contribution < 1.29 is 13.9 Å². The van der Waals surface area contributed by atoms with Gasteiger partial charge < -0.3 is 4.74 Å². The second-order valence-corrected chi connectivity index (χ2v) is 6.44. The van der Waals surface area contributed by atoms with Crippen LogP contribution in [0.3, 0.4) is 0 Å². The van der Waals surface area contributed by atoms with Crippen LogP contribution in [-0.2, 0) is 4.74 Å². The van der Waals surface area contributed by atoms with Gasteiger partial charge in [-0.1, -0.05) is 0 Å². The summed E-state index contributed by atoms with van der Waals surface area (Å²) in [5, 5.41) is 0. The lowest BCUT2D eigenvalue weighted by Gasteiger charge is -2.28. The van der Waals surface area contributed by atoms with E-state index in [2.05, 4.69) is 4.98 Å². The lowest BCUT2D eigenvalue weighted by molar-refractivity contribution is 0.0598. The SMILES string of the molecule is Cc1ccnc(N(C(=O)OC(C)(C)C)c2ccc(F)cc2C)c1. The average molecular weight is 316 g/mol. The van der Waals surface area contributed by atoms with Crippen molar-refractivity contribution in [2.45, 2.75) is 40.2 Å². The van der Waals surface area contributed by atoms with Crippen LogP contribution < -0.4 is 4.90 Å². The number of anilines is 2. The molecule has 0 N–H and O–H groups in total. The molecule has 0 aliphatic carbocycles. The van der Waals surface area contributed by atoms with E-state index in [-0.39, 0.29) is 5.82 Å². The van der Waals surface area contributed by atoms with Gasteiger partial charge >= 0.3 is 6.09 Å². The quantitative estimate of drug-likeness (QED) is 0.790. The zero-order valence-corrected chi connectivity index (χ0v) is 14.1. The highest BCUT2D eigenvalue weighted by Crippen LogP contribution is 2.30. The van der Waals surface area contributed by atoms with Gasteiger partial charge in [0.2, 0.25) is 0 Å². The molecular formula is C18H21FN2O2. The van der Waals surface area contributed by atoms with E-state index in [1.165, 1.54) is 17.0 Å². The number of hydrogen-bond donors (Lipinski definition) is 0. The van der Waals surface area contributed by atoms with E-state index < -0.39 is 11.7 Å². The Morgan fingerprint density at radius 3 is 2.43 bits per heavy atom. The van der Waals surface area contributed by atoms with Crippen molar-refractivity contribution in [1.82, 2.24) is 4.98 Å². The van der Waals surface area contributed by atoms with E-state index in [0.29, 0.717) is 17.1 Å². The molecule has 2 rings (SSSR count). The smallest absolute Gasteiger partial charge is 0.420 e. The molecule has 5 heteroatoms. The normalized spacial score (nSPS) is 11.2. The fraction of sp³-hybridized carbons (Fsp3) is 0.333. The summed E-state index contributed by atoms with van der Waals surface area (Å²) in [6.45, 7) is 9.04. The van der Waals surface area contributed by atoms with E-state index in [0.717, 1.165) is 5.56 Å². The molecule has 0 saturated heterocycles. The third-order valence-corrected chi connectivity index (χ3v) is 3.11. The molecule has 0 radical (unpaired) electrons. The predicted octanol–water partition coefficient (Wildman–Crippen LogP) is 4.91. The van der Waals surface area contributed by atoms with Crippen LogP contribution in [-0.4, -0.2) is 16.7 Å². The van der Waals surface area contributed by atoms with Crippen LogP contribution >= 0.6 is 0 Å². The van der Waals surface area contributed by atoms with Gasteiger partial charge in [-0.15, -0.1) is 0 Å². The van der Waals surface area contributed by atoms with Crippen molar-refractivity contribution in [1.29, 1.82) is 0 Å². The minimum absolute atomic E-state index is 0.354. The lowest BCUT2D eigenvalue weighted by atomic mass is 10.1. The van der Waals surface area contributed by atoms with E-state index in [9.17, 15) is 9.18 Å². The zero-order chi connectivity index (χ0) is 17.2. The van der Waals surface area contributed by atoms with Crippen molar-refractivity contribution in [2.75, 3.05) is 4.90 Å². The van der Waals surface area contributed by atoms with E-state index in [1.54, 1.807) is 46.0 Å². The number of rotatable bonds is 2. The molecule has 0 bridgehead atoms. The maximum atomic E-state index is 13.4. The molecule has 2 aromatic rings. The van der Waals surface area contributed by atoms with Crippen LogP contribution in [0.25, 0.3) is 0 Å². The highest BCUT2D eigenvalue weighted by molar-refractivity contribution is 5.96. The molecule has 4 nitrogen and oxygen atoms in total. The summed E-state index contributed by atoms with van der Waals surface area (Å²) in [6.07, 6.45) is 1.08. The average Bonchev–Trinajstić information content (AvgIpc) is 2.39. The number of aromatic nitrogens is 1. The van der Waals surface area contributed by atoms with Crippen molar-refractivity contribution in [3.05, 3.63) is 53.5 Å². The molecule has 1 aromatic heterocycles. The number of halogens is 1. The number of aryl methyl sites for hydroxylation is 2. The van der Waals surface area contributed by atoms with Crippen LogP contribution in [0.5, 0.6) is 0 Å². The highest BCUT2D eigenvalue weighted by atomic mass is 19.1. The maximum Gasteiger partial charge on any atom is 0.420 e. The number of ether oxygens (including phenoxy) is 1. The molecule has 122 valence electrons. The second kappa shape index (κ2) is 6.36. The number of carbonyl (C=O) groups is 1. The number of carbonyl (C=O) groups excluding carboxylic acids is 1. The Kier molecular flexibility index (Phi) is 4.68. The van der Waals surface area contributed by atoms with Gasteiger partial charge in [0.25, 0.3) is 0 Å². The topological polar surface area (TPSA) is 42.4 Å². The Labute approximate surface area is 135 Å². The summed E-state index contributed by atoms with van der Waals surface area (Å²) < 4.78 is 18.9. The molecule has 0 fully saturated rings. The fourth-order valence-electron chi connectivity index (χ4n) is 2.14. The van der Waals surface area contributed by atoms with Crippen LogP contribution in [0, 0.1) is 19.7 Å². The van der Waals surface area contributed by atoms with E-state index in [4.69, 9.17) is 4.74 Å². The predicted molar refractivity (Wildman–Crippen MR) is 88.5 cm³/mol. The van der Waals surface area contributed by atoms with Crippen molar-refractivity contribution in [2.24, 2.45) is 0 Å². The molecule has 0 aliphatic rings. The number of nitrogens with zero attached hydrogens (tertiary/aromatic N) is 2. The first-order valence-electron chi connectivity index (χ1n) is 7.39. The van der Waals surface area contributed by atoms with Gasteiger partial charge in [0, 0.05) is 6.20 Å². The van der Waals surface area contributed by atoms with Gasteiger partial charge in [0.15, 0.2) is 0 Å². The standard InChI is InChI=1S/C18H21FN2O2/c1-12-8-9-20-16(10-12)21(17(22)23-18(3,4)5)15-7-6-14(19)11-13(15)2/h6-11H,1-5H3. The highest BCUT2D eigenvalue weighted by Gasteiger charge is 2.27. The Morgan fingerprint density at radius 1 is 1.17 bits per heavy atom. The third kappa shape index (κ3) is 4.28. The minimum Gasteiger partial charge on any atom is -0.443 e. The van der Waals surface area contributed by atoms with Gasteiger partial charge in [-0.05, 0) is 76.1 Å². The van der Waals surface area contributed by atoms with Gasteiger partial charge in [-0.25, -0.2) is 19.1 Å². The number of pyridine rings is 1. The number of benzene rings is 1. The molecule has 23 heavy (non-hydrogen) atoms. The maximum absolute atomic E-state index is 13.4. The monoisotopic (exact) mass is 316 g/mol. The Bertz CT molecular complexity index is 723. The second-order valence-electron chi connectivity index (χ2n) is 6.44. The minimum atomic E-state index is -0.646. The lowest BCUT2D eigenvalue weighted by Crippen LogP contribution is -2.34. The van der Waals surface area contributed by atoms with E-state index in [1.807, 2.05) is 13.0 Å². The first-order chi connectivity index (χ1) is 10.7.